The molecule has 0 unspecified atom stereocenters. The van der Waals surface area contributed by atoms with Crippen LogP contribution in [-0.2, 0) is 0 Å². The van der Waals surface area contributed by atoms with Crippen LogP contribution < -0.4 is 0 Å². The van der Waals surface area contributed by atoms with Crippen LogP contribution in [0.5, 0.6) is 0 Å². The highest BCUT2D eigenvalue weighted by atomic mass is 16.3. The average Bonchev–Trinajstić information content (AvgIpc) is 3.82. The molecule has 10 rings (SSSR count). The maximum Gasteiger partial charge on any atom is 0.160 e. The molecular weight excluding hydrogens is 601 g/mol. The monoisotopic (exact) mass is 624 g/mol. The van der Waals surface area contributed by atoms with Gasteiger partial charge in [0.05, 0.1) is 51.0 Å². The molecule has 5 nitrogen and oxygen atoms in total. The second-order valence-electron chi connectivity index (χ2n) is 12.3. The Morgan fingerprint density at radius 1 is 0.469 bits per heavy atom. The second-order valence-corrected chi connectivity index (χ2v) is 12.3. The highest BCUT2D eigenvalue weighted by Gasteiger charge is 2.24. The van der Waals surface area contributed by atoms with Crippen LogP contribution in [0, 0.1) is 22.7 Å². The summed E-state index contributed by atoms with van der Waals surface area (Å²) in [6, 6.07) is 54.1. The predicted octanol–water partition coefficient (Wildman–Crippen LogP) is 11.2. The third-order valence-corrected chi connectivity index (χ3v) is 9.79. The first-order chi connectivity index (χ1) is 24.2. The Hall–Kier alpha value is -7.08. The first-order valence-electron chi connectivity index (χ1n) is 16.1. The van der Waals surface area contributed by atoms with Crippen LogP contribution in [0.25, 0.3) is 88.1 Å². The zero-order chi connectivity index (χ0) is 32.6. The van der Waals surface area contributed by atoms with Crippen LogP contribution in [0.4, 0.5) is 0 Å². The fourth-order valence-electron chi connectivity index (χ4n) is 7.75. The smallest absolute Gasteiger partial charge is 0.160 e. The molecule has 5 heteroatoms. The van der Waals surface area contributed by atoms with Gasteiger partial charge in [-0.05, 0) is 60.7 Å². The Balaban J connectivity index is 1.33. The molecule has 0 N–H and O–H groups in total. The van der Waals surface area contributed by atoms with Gasteiger partial charge in [0.1, 0.15) is 5.58 Å². The van der Waals surface area contributed by atoms with E-state index < -0.39 is 0 Å². The maximum absolute atomic E-state index is 10.6. The molecular formula is C44H24N4O. The number of hydrogen-bond donors (Lipinski definition) is 0. The van der Waals surface area contributed by atoms with Gasteiger partial charge < -0.3 is 13.6 Å². The van der Waals surface area contributed by atoms with Crippen molar-refractivity contribution in [2.24, 2.45) is 0 Å². The van der Waals surface area contributed by atoms with Gasteiger partial charge in [0.15, 0.2) is 5.58 Å². The number of benzene rings is 7. The van der Waals surface area contributed by atoms with Crippen molar-refractivity contribution >= 4 is 65.6 Å². The fourth-order valence-corrected chi connectivity index (χ4v) is 7.75. The lowest BCUT2D eigenvalue weighted by atomic mass is 9.96. The van der Waals surface area contributed by atoms with E-state index in [0.717, 1.165) is 88.1 Å². The number of furan rings is 1. The van der Waals surface area contributed by atoms with Gasteiger partial charge in [-0.15, -0.1) is 0 Å². The van der Waals surface area contributed by atoms with Crippen LogP contribution in [-0.4, -0.2) is 9.13 Å². The van der Waals surface area contributed by atoms with E-state index in [1.807, 2.05) is 54.6 Å². The Kier molecular flexibility index (Phi) is 5.64. The number of nitrogens with zero attached hydrogens (tertiary/aromatic N) is 4. The summed E-state index contributed by atoms with van der Waals surface area (Å²) in [5, 5.41) is 26.6. The number of rotatable bonds is 3. The standard InChI is InChI=1S/C44H24N4O/c45-25-27-20-23-39-36(24-27)31-14-5-7-18-38(31)48(39)40-19-8-10-28(26-46)41(40)35-16-9-15-33-34-22-21-32-30-13-4-6-17-37(30)47(29-11-2-1-3-12-29)42(32)44(34)49-43(33)35/h1-24H. The summed E-state index contributed by atoms with van der Waals surface area (Å²) < 4.78 is 11.5. The highest BCUT2D eigenvalue weighted by molar-refractivity contribution is 6.23. The zero-order valence-electron chi connectivity index (χ0n) is 26.1. The summed E-state index contributed by atoms with van der Waals surface area (Å²) in [5.74, 6) is 0. The lowest BCUT2D eigenvalue weighted by molar-refractivity contribution is 0.672. The molecule has 10 aromatic rings. The Labute approximate surface area is 280 Å². The summed E-state index contributed by atoms with van der Waals surface area (Å²) in [5.41, 5.74) is 10.3. The molecule has 0 atom stereocenters. The molecule has 49 heavy (non-hydrogen) atoms. The van der Waals surface area contributed by atoms with Crippen molar-refractivity contribution in [2.45, 2.75) is 0 Å². The van der Waals surface area contributed by atoms with Crippen LogP contribution in [0.3, 0.4) is 0 Å². The van der Waals surface area contributed by atoms with E-state index in [1.54, 1.807) is 0 Å². The lowest BCUT2D eigenvalue weighted by Gasteiger charge is -2.15. The van der Waals surface area contributed by atoms with Crippen LogP contribution >= 0.6 is 0 Å². The molecule has 0 aliphatic heterocycles. The molecule has 7 aromatic carbocycles. The molecule has 0 saturated heterocycles. The third kappa shape index (κ3) is 3.73. The highest BCUT2D eigenvalue weighted by Crippen LogP contribution is 2.45. The maximum atomic E-state index is 10.6. The van der Waals surface area contributed by atoms with Crippen molar-refractivity contribution in [1.82, 2.24) is 9.13 Å². The van der Waals surface area contributed by atoms with Crippen LogP contribution in [0.1, 0.15) is 11.1 Å². The number of nitriles is 2. The Bertz CT molecular complexity index is 3070. The van der Waals surface area contributed by atoms with Gasteiger partial charge in [-0.3, -0.25) is 0 Å². The Morgan fingerprint density at radius 2 is 1.12 bits per heavy atom. The van der Waals surface area contributed by atoms with Gasteiger partial charge in [-0.1, -0.05) is 84.9 Å². The van der Waals surface area contributed by atoms with Gasteiger partial charge in [-0.2, -0.15) is 10.5 Å². The summed E-state index contributed by atoms with van der Waals surface area (Å²) in [6.07, 6.45) is 0. The first kappa shape index (κ1) is 27.1. The van der Waals surface area contributed by atoms with Crippen LogP contribution in [0.15, 0.2) is 150 Å². The molecule has 0 spiro atoms. The third-order valence-electron chi connectivity index (χ3n) is 9.79. The largest absolute Gasteiger partial charge is 0.453 e. The van der Waals surface area contributed by atoms with E-state index in [4.69, 9.17) is 4.42 Å². The van der Waals surface area contributed by atoms with Crippen LogP contribution in [0.2, 0.25) is 0 Å². The molecule has 0 fully saturated rings. The molecule has 0 saturated carbocycles. The molecule has 0 amide bonds. The number of aromatic nitrogens is 2. The summed E-state index contributed by atoms with van der Waals surface area (Å²) in [6.45, 7) is 0. The van der Waals surface area contributed by atoms with Gasteiger partial charge in [0, 0.05) is 49.1 Å². The predicted molar refractivity (Wildman–Crippen MR) is 197 cm³/mol. The van der Waals surface area contributed by atoms with E-state index >= 15 is 0 Å². The first-order valence-corrected chi connectivity index (χ1v) is 16.1. The average molecular weight is 625 g/mol. The number of para-hydroxylation sites is 4. The van der Waals surface area contributed by atoms with Gasteiger partial charge >= 0.3 is 0 Å². The number of fused-ring (bicyclic) bond motifs is 10. The van der Waals surface area contributed by atoms with E-state index in [1.165, 1.54) is 0 Å². The van der Waals surface area contributed by atoms with Gasteiger partial charge in [-0.25, -0.2) is 0 Å². The summed E-state index contributed by atoms with van der Waals surface area (Å²) >= 11 is 0. The summed E-state index contributed by atoms with van der Waals surface area (Å²) in [4.78, 5) is 0. The minimum Gasteiger partial charge on any atom is -0.453 e. The molecule has 0 aliphatic carbocycles. The van der Waals surface area contributed by atoms with Crippen molar-refractivity contribution in [3.05, 3.63) is 157 Å². The molecule has 3 aromatic heterocycles. The van der Waals surface area contributed by atoms with Crippen molar-refractivity contribution in [2.75, 3.05) is 0 Å². The van der Waals surface area contributed by atoms with E-state index in [2.05, 4.69) is 112 Å². The molecule has 0 radical (unpaired) electrons. The summed E-state index contributed by atoms with van der Waals surface area (Å²) in [7, 11) is 0. The zero-order valence-corrected chi connectivity index (χ0v) is 26.1. The van der Waals surface area contributed by atoms with Crippen molar-refractivity contribution < 1.29 is 4.42 Å². The van der Waals surface area contributed by atoms with Crippen molar-refractivity contribution in [3.8, 4) is 34.6 Å². The minimum absolute atomic E-state index is 0.550. The SMILES string of the molecule is N#Cc1ccc2c(c1)c1ccccc1n2-c1cccc(C#N)c1-c1cccc2c1oc1c2ccc2c3ccccc3n(-c3ccccc3)c21. The number of hydrogen-bond acceptors (Lipinski definition) is 3. The topological polar surface area (TPSA) is 70.6 Å². The quantitative estimate of drug-likeness (QED) is 0.196. The molecule has 0 bridgehead atoms. The molecule has 0 aliphatic rings. The molecule has 3 heterocycles. The second kappa shape index (κ2) is 10.2. The minimum atomic E-state index is 0.550. The van der Waals surface area contributed by atoms with Gasteiger partial charge in [0.25, 0.3) is 0 Å². The lowest BCUT2D eigenvalue weighted by Crippen LogP contribution is -1.99. The van der Waals surface area contributed by atoms with E-state index in [9.17, 15) is 10.5 Å². The fraction of sp³-hybridized carbons (Fsp3) is 0. The van der Waals surface area contributed by atoms with E-state index in [0.29, 0.717) is 11.1 Å². The Morgan fingerprint density at radius 3 is 1.92 bits per heavy atom. The normalized spacial score (nSPS) is 11.6. The van der Waals surface area contributed by atoms with Crippen molar-refractivity contribution in [1.29, 1.82) is 10.5 Å². The van der Waals surface area contributed by atoms with E-state index in [-0.39, 0.29) is 0 Å². The van der Waals surface area contributed by atoms with Gasteiger partial charge in [0.2, 0.25) is 0 Å². The molecule has 226 valence electrons. The van der Waals surface area contributed by atoms with Crippen molar-refractivity contribution in [3.63, 3.8) is 0 Å².